The van der Waals surface area contributed by atoms with Gasteiger partial charge in [0.1, 0.15) is 5.75 Å². The minimum Gasteiger partial charge on any atom is -0.497 e. The van der Waals surface area contributed by atoms with E-state index in [4.69, 9.17) is 14.8 Å². The third kappa shape index (κ3) is 3.23. The molecule has 7 heteroatoms. The fraction of sp³-hybridized carbons (Fsp3) is 0.280. The number of hydrogen-bond acceptors (Lipinski definition) is 3. The van der Waals surface area contributed by atoms with Crippen molar-refractivity contribution in [1.29, 1.82) is 0 Å². The molecule has 0 aliphatic heterocycles. The average molecular weight is 437 g/mol. The Kier molecular flexibility index (Phi) is 4.73. The fourth-order valence-electron chi connectivity index (χ4n) is 4.63. The first kappa shape index (κ1) is 20.5. The fourth-order valence-corrected chi connectivity index (χ4v) is 4.63. The van der Waals surface area contributed by atoms with Gasteiger partial charge >= 0.3 is 6.18 Å². The van der Waals surface area contributed by atoms with Crippen molar-refractivity contribution < 1.29 is 17.9 Å². The van der Waals surface area contributed by atoms with E-state index in [0.29, 0.717) is 16.9 Å². The molecule has 0 radical (unpaired) electrons. The van der Waals surface area contributed by atoms with Gasteiger partial charge in [0, 0.05) is 22.4 Å². The Labute approximate surface area is 183 Å². The topological polar surface area (TPSA) is 39.4 Å². The van der Waals surface area contributed by atoms with Gasteiger partial charge in [-0.3, -0.25) is 0 Å². The summed E-state index contributed by atoms with van der Waals surface area (Å²) in [6, 6.07) is 11.3. The normalized spacial score (nSPS) is 13.6. The lowest BCUT2D eigenvalue weighted by Crippen LogP contribution is -2.07. The summed E-state index contributed by atoms with van der Waals surface area (Å²) in [5, 5.41) is 4.76. The van der Waals surface area contributed by atoms with Gasteiger partial charge in [0.05, 0.1) is 24.1 Å². The maximum absolute atomic E-state index is 13.4. The molecule has 1 aliphatic carbocycles. The van der Waals surface area contributed by atoms with Crippen molar-refractivity contribution in [2.45, 2.75) is 39.3 Å². The highest BCUT2D eigenvalue weighted by Gasteiger charge is 2.32. The first-order valence-corrected chi connectivity index (χ1v) is 10.5. The second-order valence-corrected chi connectivity index (χ2v) is 8.19. The predicted octanol–water partition coefficient (Wildman–Crippen LogP) is 6.20. The quantitative estimate of drug-likeness (QED) is 0.383. The van der Waals surface area contributed by atoms with E-state index in [0.717, 1.165) is 64.7 Å². The monoisotopic (exact) mass is 437 g/mol. The van der Waals surface area contributed by atoms with Crippen LogP contribution in [-0.4, -0.2) is 21.7 Å². The number of hydrogen-bond donors (Lipinski definition) is 0. The zero-order valence-corrected chi connectivity index (χ0v) is 18.0. The molecule has 0 saturated heterocycles. The lowest BCUT2D eigenvalue weighted by Gasteiger charge is -2.14. The van der Waals surface area contributed by atoms with Gasteiger partial charge in [0.15, 0.2) is 5.65 Å². The minimum atomic E-state index is -4.41. The molecule has 32 heavy (non-hydrogen) atoms. The van der Waals surface area contributed by atoms with Crippen LogP contribution < -0.4 is 4.74 Å². The summed E-state index contributed by atoms with van der Waals surface area (Å²) in [7, 11) is 1.63. The maximum atomic E-state index is 13.4. The van der Waals surface area contributed by atoms with Crippen LogP contribution in [0.15, 0.2) is 42.5 Å². The van der Waals surface area contributed by atoms with Gasteiger partial charge in [-0.2, -0.15) is 18.3 Å². The van der Waals surface area contributed by atoms with Gasteiger partial charge in [-0.25, -0.2) is 9.50 Å². The Morgan fingerprint density at radius 2 is 1.84 bits per heavy atom. The van der Waals surface area contributed by atoms with Crippen LogP contribution in [-0.2, 0) is 19.0 Å². The number of benzene rings is 2. The smallest absolute Gasteiger partial charge is 0.416 e. The second-order valence-electron chi connectivity index (χ2n) is 8.19. The van der Waals surface area contributed by atoms with Crippen LogP contribution >= 0.6 is 0 Å². The predicted molar refractivity (Wildman–Crippen MR) is 117 cm³/mol. The van der Waals surface area contributed by atoms with Crippen molar-refractivity contribution in [2.24, 2.45) is 0 Å². The van der Waals surface area contributed by atoms with Crippen molar-refractivity contribution in [2.75, 3.05) is 7.11 Å². The van der Waals surface area contributed by atoms with Gasteiger partial charge in [-0.15, -0.1) is 0 Å². The molecule has 2 aromatic heterocycles. The molecule has 4 nitrogen and oxygen atoms in total. The van der Waals surface area contributed by atoms with Gasteiger partial charge in [-0.1, -0.05) is 18.2 Å². The van der Waals surface area contributed by atoms with Crippen molar-refractivity contribution in [3.8, 4) is 28.1 Å². The average Bonchev–Trinajstić information content (AvgIpc) is 3.35. The Balaban J connectivity index is 1.80. The molecule has 4 aromatic rings. The lowest BCUT2D eigenvalue weighted by atomic mass is 9.99. The molecule has 0 unspecified atom stereocenters. The van der Waals surface area contributed by atoms with Crippen molar-refractivity contribution in [3.63, 3.8) is 0 Å². The van der Waals surface area contributed by atoms with Crippen LogP contribution in [0.4, 0.5) is 13.2 Å². The van der Waals surface area contributed by atoms with Crippen molar-refractivity contribution in [1.82, 2.24) is 14.6 Å². The molecule has 1 aliphatic rings. The molecule has 0 spiro atoms. The van der Waals surface area contributed by atoms with E-state index in [2.05, 4.69) is 0 Å². The molecule has 0 bridgehead atoms. The Bertz CT molecular complexity index is 1360. The van der Waals surface area contributed by atoms with Crippen molar-refractivity contribution >= 4 is 5.65 Å². The Morgan fingerprint density at radius 1 is 1.03 bits per heavy atom. The highest BCUT2D eigenvalue weighted by Crippen LogP contribution is 2.39. The number of fused-ring (bicyclic) bond motifs is 2. The molecular formula is C25H22F3N3O. The largest absolute Gasteiger partial charge is 0.497 e. The number of alkyl halides is 3. The Morgan fingerprint density at radius 3 is 2.56 bits per heavy atom. The maximum Gasteiger partial charge on any atom is 0.416 e. The standard InChI is InChI=1S/C25H22F3N3O/c1-14-12-18(32-3)10-11-19(14)22-15(2)30-31-23(20-8-5-9-21(20)29-24(22)31)16-6-4-7-17(13-16)25(26,27)28/h4,6-7,10-13H,5,8-9H2,1-3H3. The molecule has 0 fully saturated rings. The molecule has 0 atom stereocenters. The van der Waals surface area contributed by atoms with Crippen LogP contribution in [0.1, 0.15) is 34.5 Å². The molecule has 0 N–H and O–H groups in total. The summed E-state index contributed by atoms with van der Waals surface area (Å²) in [6.07, 6.45) is -1.89. The lowest BCUT2D eigenvalue weighted by molar-refractivity contribution is -0.137. The number of halogens is 3. The summed E-state index contributed by atoms with van der Waals surface area (Å²) in [5.41, 5.74) is 6.82. The van der Waals surface area contributed by atoms with E-state index < -0.39 is 11.7 Å². The van der Waals surface area contributed by atoms with Crippen LogP contribution in [0.2, 0.25) is 0 Å². The highest BCUT2D eigenvalue weighted by atomic mass is 19.4. The molecule has 2 aromatic carbocycles. The number of ether oxygens (including phenoxy) is 1. The summed E-state index contributed by atoms with van der Waals surface area (Å²) in [5.74, 6) is 0.763. The van der Waals surface area contributed by atoms with E-state index in [1.165, 1.54) is 12.1 Å². The number of rotatable bonds is 3. The first-order valence-electron chi connectivity index (χ1n) is 10.5. The summed E-state index contributed by atoms with van der Waals surface area (Å²) >= 11 is 0. The van der Waals surface area contributed by atoms with E-state index in [1.807, 2.05) is 32.0 Å². The zero-order valence-electron chi connectivity index (χ0n) is 18.0. The van der Waals surface area contributed by atoms with Crippen molar-refractivity contribution in [3.05, 3.63) is 70.5 Å². The van der Waals surface area contributed by atoms with E-state index in [-0.39, 0.29) is 0 Å². The van der Waals surface area contributed by atoms with Crippen LogP contribution in [0, 0.1) is 13.8 Å². The van der Waals surface area contributed by atoms with E-state index in [9.17, 15) is 13.2 Å². The van der Waals surface area contributed by atoms with Crippen LogP contribution in [0.5, 0.6) is 5.75 Å². The molecule has 0 saturated carbocycles. The van der Waals surface area contributed by atoms with E-state index >= 15 is 0 Å². The molecule has 0 amide bonds. The molecule has 164 valence electrons. The van der Waals surface area contributed by atoms with Gasteiger partial charge < -0.3 is 4.74 Å². The Hall–Kier alpha value is -3.35. The van der Waals surface area contributed by atoms with E-state index in [1.54, 1.807) is 17.7 Å². The third-order valence-corrected chi connectivity index (χ3v) is 6.13. The third-order valence-electron chi connectivity index (χ3n) is 6.13. The number of aromatic nitrogens is 3. The summed E-state index contributed by atoms with van der Waals surface area (Å²) in [4.78, 5) is 4.94. The summed E-state index contributed by atoms with van der Waals surface area (Å²) in [6.45, 7) is 3.91. The van der Waals surface area contributed by atoms with Crippen LogP contribution in [0.25, 0.3) is 28.0 Å². The number of nitrogens with zero attached hydrogens (tertiary/aromatic N) is 3. The summed E-state index contributed by atoms with van der Waals surface area (Å²) < 4.78 is 47.3. The van der Waals surface area contributed by atoms with Gasteiger partial charge in [0.2, 0.25) is 0 Å². The first-order chi connectivity index (χ1) is 15.3. The molecule has 5 rings (SSSR count). The molecule has 2 heterocycles. The molecular weight excluding hydrogens is 415 g/mol. The number of methoxy groups -OCH3 is 1. The highest BCUT2D eigenvalue weighted by molar-refractivity contribution is 5.84. The van der Waals surface area contributed by atoms with Crippen LogP contribution in [0.3, 0.4) is 0 Å². The minimum absolute atomic E-state index is 0.505. The SMILES string of the molecule is COc1ccc(-c2c(C)nn3c(-c4cccc(C(F)(F)F)c4)c4c(nc23)CCC4)c(C)c1. The van der Waals surface area contributed by atoms with Gasteiger partial charge in [0.25, 0.3) is 0 Å². The second kappa shape index (κ2) is 7.36. The zero-order chi connectivity index (χ0) is 22.6. The van der Waals surface area contributed by atoms with Gasteiger partial charge in [-0.05, 0) is 68.5 Å². The number of aryl methyl sites for hydroxylation is 3.